The quantitative estimate of drug-likeness (QED) is 0.179. The Hall–Kier alpha value is -0.380. The average Bonchev–Trinajstić information content (AvgIpc) is 3.63. The van der Waals surface area contributed by atoms with Gasteiger partial charge in [-0.05, 0) is 49.0 Å². The molecule has 3 nitrogen and oxygen atoms in total. The second kappa shape index (κ2) is 10.1. The van der Waals surface area contributed by atoms with Gasteiger partial charge in [0.05, 0.1) is 31.5 Å². The maximum absolute atomic E-state index is 6.46. The van der Waals surface area contributed by atoms with Gasteiger partial charge >= 0.3 is 0 Å². The van der Waals surface area contributed by atoms with Crippen molar-refractivity contribution in [1.82, 2.24) is 0 Å². The Balaban J connectivity index is 1.24. The van der Waals surface area contributed by atoms with Gasteiger partial charge in [-0.25, -0.2) is 0 Å². The molecule has 1 saturated carbocycles. The van der Waals surface area contributed by atoms with Gasteiger partial charge in [0.15, 0.2) is 0 Å². The molecule has 3 heteroatoms. The molecular weight excluding hydrogens is 348 g/mol. The van der Waals surface area contributed by atoms with Gasteiger partial charge in [-0.1, -0.05) is 64.4 Å². The summed E-state index contributed by atoms with van der Waals surface area (Å²) in [6.07, 6.45) is 22.9. The van der Waals surface area contributed by atoms with Crippen LogP contribution in [0.4, 0.5) is 0 Å². The van der Waals surface area contributed by atoms with E-state index in [-0.39, 0.29) is 0 Å². The first-order valence-corrected chi connectivity index (χ1v) is 12.4. The first-order valence-electron chi connectivity index (χ1n) is 12.4. The molecule has 2 bridgehead atoms. The summed E-state index contributed by atoms with van der Waals surface area (Å²) in [6, 6.07) is 0. The number of ether oxygens (including phenoxy) is 3. The largest absolute Gasteiger partial charge is 0.374 e. The van der Waals surface area contributed by atoms with Crippen LogP contribution in [0.5, 0.6) is 0 Å². The molecule has 3 fully saturated rings. The Morgan fingerprint density at radius 1 is 1.04 bits per heavy atom. The van der Waals surface area contributed by atoms with Gasteiger partial charge in [-0.3, -0.25) is 0 Å². The van der Waals surface area contributed by atoms with Gasteiger partial charge in [0.1, 0.15) is 0 Å². The van der Waals surface area contributed by atoms with E-state index in [1.165, 1.54) is 77.0 Å². The molecule has 160 valence electrons. The van der Waals surface area contributed by atoms with Gasteiger partial charge in [0.25, 0.3) is 0 Å². The summed E-state index contributed by atoms with van der Waals surface area (Å²) in [5.74, 6) is 0.821. The summed E-state index contributed by atoms with van der Waals surface area (Å²) in [6.45, 7) is 5.02. The van der Waals surface area contributed by atoms with Crippen LogP contribution in [0.1, 0.15) is 96.8 Å². The van der Waals surface area contributed by atoms with Gasteiger partial charge < -0.3 is 14.2 Å². The van der Waals surface area contributed by atoms with Crippen molar-refractivity contribution in [3.63, 3.8) is 0 Å². The second-order valence-corrected chi connectivity index (χ2v) is 9.92. The summed E-state index contributed by atoms with van der Waals surface area (Å²) in [5, 5.41) is 0. The fourth-order valence-electron chi connectivity index (χ4n) is 5.72. The monoisotopic (exact) mass is 390 g/mol. The number of fused-ring (bicyclic) bond motifs is 2. The van der Waals surface area contributed by atoms with Crippen LogP contribution >= 0.6 is 0 Å². The molecule has 2 heterocycles. The third-order valence-electron chi connectivity index (χ3n) is 7.57. The maximum Gasteiger partial charge on any atom is 0.0837 e. The lowest BCUT2D eigenvalue weighted by atomic mass is 9.73. The van der Waals surface area contributed by atoms with E-state index in [1.807, 2.05) is 0 Å². The molecule has 0 N–H and O–H groups in total. The van der Waals surface area contributed by atoms with Crippen LogP contribution in [0.15, 0.2) is 11.6 Å². The molecular formula is C25H42O3. The Labute approximate surface area is 172 Å². The van der Waals surface area contributed by atoms with Crippen molar-refractivity contribution in [3.05, 3.63) is 11.6 Å². The van der Waals surface area contributed by atoms with E-state index >= 15 is 0 Å². The van der Waals surface area contributed by atoms with E-state index < -0.39 is 0 Å². The third kappa shape index (κ3) is 5.83. The highest BCUT2D eigenvalue weighted by atomic mass is 16.6. The van der Waals surface area contributed by atoms with E-state index in [4.69, 9.17) is 14.2 Å². The highest BCUT2D eigenvalue weighted by Crippen LogP contribution is 2.58. The van der Waals surface area contributed by atoms with Crippen LogP contribution in [0.25, 0.3) is 0 Å². The molecule has 0 aromatic rings. The molecule has 28 heavy (non-hydrogen) atoms. The topological polar surface area (TPSA) is 34.3 Å². The minimum atomic E-state index is 0.297. The first kappa shape index (κ1) is 20.9. The standard InChI is InChI=1S/C25H42O3/c1-2-3-4-5-6-7-8-9-12-25-13-10-20(17-25)15-23(25)24(16-22-19-28-22)26-14-11-21-18-27-21/h15,20-22,24H,2-14,16-19H2,1H3. The molecule has 0 radical (unpaired) electrons. The van der Waals surface area contributed by atoms with E-state index in [0.717, 1.165) is 38.6 Å². The molecule has 2 aliphatic heterocycles. The maximum atomic E-state index is 6.46. The highest BCUT2D eigenvalue weighted by Gasteiger charge is 2.49. The smallest absolute Gasteiger partial charge is 0.0837 e. The summed E-state index contributed by atoms with van der Waals surface area (Å²) in [7, 11) is 0. The molecule has 0 spiro atoms. The predicted octanol–water partition coefficient (Wildman–Crippen LogP) is 6.21. The van der Waals surface area contributed by atoms with Gasteiger partial charge in [0, 0.05) is 13.0 Å². The van der Waals surface area contributed by atoms with Crippen molar-refractivity contribution in [2.45, 2.75) is 115 Å². The van der Waals surface area contributed by atoms with Crippen LogP contribution in [0.3, 0.4) is 0 Å². The second-order valence-electron chi connectivity index (χ2n) is 9.92. The fraction of sp³-hybridized carbons (Fsp3) is 0.920. The fourth-order valence-corrected chi connectivity index (χ4v) is 5.72. The van der Waals surface area contributed by atoms with Crippen molar-refractivity contribution < 1.29 is 14.2 Å². The number of hydrogen-bond acceptors (Lipinski definition) is 3. The third-order valence-corrected chi connectivity index (χ3v) is 7.57. The lowest BCUT2D eigenvalue weighted by Gasteiger charge is -2.35. The highest BCUT2D eigenvalue weighted by molar-refractivity contribution is 5.30. The molecule has 2 aliphatic carbocycles. The van der Waals surface area contributed by atoms with Crippen molar-refractivity contribution in [2.24, 2.45) is 11.3 Å². The normalized spacial score (nSPS) is 33.9. The van der Waals surface area contributed by atoms with E-state index in [2.05, 4.69) is 13.0 Å². The van der Waals surface area contributed by atoms with Gasteiger partial charge in [-0.2, -0.15) is 0 Å². The lowest BCUT2D eigenvalue weighted by Crippen LogP contribution is -2.30. The van der Waals surface area contributed by atoms with E-state index in [9.17, 15) is 0 Å². The number of hydrogen-bond donors (Lipinski definition) is 0. The summed E-state index contributed by atoms with van der Waals surface area (Å²) in [4.78, 5) is 0. The zero-order chi connectivity index (χ0) is 19.2. The van der Waals surface area contributed by atoms with Crippen molar-refractivity contribution in [1.29, 1.82) is 0 Å². The summed E-state index contributed by atoms with van der Waals surface area (Å²) in [5.41, 5.74) is 2.13. The molecule has 5 unspecified atom stereocenters. The Kier molecular flexibility index (Phi) is 7.52. The van der Waals surface area contributed by atoms with Gasteiger partial charge in [-0.15, -0.1) is 0 Å². The van der Waals surface area contributed by atoms with Crippen LogP contribution in [0, 0.1) is 11.3 Å². The molecule has 0 amide bonds. The molecule has 2 saturated heterocycles. The Bertz CT molecular complexity index is 508. The summed E-state index contributed by atoms with van der Waals surface area (Å²) < 4.78 is 17.4. The van der Waals surface area contributed by atoms with Crippen LogP contribution in [-0.2, 0) is 14.2 Å². The van der Waals surface area contributed by atoms with Crippen molar-refractivity contribution >= 4 is 0 Å². The lowest BCUT2D eigenvalue weighted by molar-refractivity contribution is 0.0454. The van der Waals surface area contributed by atoms with Crippen molar-refractivity contribution in [2.75, 3.05) is 19.8 Å². The predicted molar refractivity (Wildman–Crippen MR) is 114 cm³/mol. The number of rotatable bonds is 16. The number of allylic oxidation sites excluding steroid dienone is 1. The molecule has 4 rings (SSSR count). The average molecular weight is 391 g/mol. The molecule has 0 aromatic carbocycles. The SMILES string of the molecule is CCCCCCCCCCC12CCC(C=C1C(CC1CO1)OCCC1CO1)C2. The molecule has 5 atom stereocenters. The number of unbranched alkanes of at least 4 members (excludes halogenated alkanes) is 7. The van der Waals surface area contributed by atoms with Crippen LogP contribution in [-0.4, -0.2) is 38.1 Å². The number of epoxide rings is 2. The Morgan fingerprint density at radius 2 is 1.75 bits per heavy atom. The zero-order valence-corrected chi connectivity index (χ0v) is 18.1. The van der Waals surface area contributed by atoms with Crippen LogP contribution in [0.2, 0.25) is 0 Å². The van der Waals surface area contributed by atoms with Crippen molar-refractivity contribution in [3.8, 4) is 0 Å². The zero-order valence-electron chi connectivity index (χ0n) is 18.1. The molecule has 0 aromatic heterocycles. The first-order chi connectivity index (χ1) is 13.8. The van der Waals surface area contributed by atoms with Crippen LogP contribution < -0.4 is 0 Å². The van der Waals surface area contributed by atoms with E-state index in [0.29, 0.717) is 23.7 Å². The Morgan fingerprint density at radius 3 is 2.43 bits per heavy atom. The molecule has 4 aliphatic rings. The van der Waals surface area contributed by atoms with Gasteiger partial charge in [0.2, 0.25) is 0 Å². The minimum Gasteiger partial charge on any atom is -0.374 e. The minimum absolute atomic E-state index is 0.297. The summed E-state index contributed by atoms with van der Waals surface area (Å²) >= 11 is 0. The van der Waals surface area contributed by atoms with E-state index in [1.54, 1.807) is 5.57 Å².